The van der Waals surface area contributed by atoms with E-state index in [1.54, 1.807) is 6.07 Å². The number of thiocarbonyl (C=S) groups is 1. The SMILES string of the molecule is CC(C)c1ccc(Cl)cc1NC(=S)NC(=O)NC1CCc2cc(-c3ncn(-c4ccc(OC(F)(F)F)cc4)n3)ccc2C1. The van der Waals surface area contributed by atoms with E-state index in [9.17, 15) is 18.0 Å². The minimum absolute atomic E-state index is 0.0693. The van der Waals surface area contributed by atoms with Crippen LogP contribution in [0.4, 0.5) is 23.7 Å². The number of amides is 2. The van der Waals surface area contributed by atoms with E-state index in [-0.39, 0.29) is 28.9 Å². The number of aromatic nitrogens is 3. The molecule has 4 aromatic rings. The number of urea groups is 1. The van der Waals surface area contributed by atoms with Crippen molar-refractivity contribution in [1.82, 2.24) is 25.4 Å². The lowest BCUT2D eigenvalue weighted by atomic mass is 9.87. The smallest absolute Gasteiger partial charge is 0.406 e. The van der Waals surface area contributed by atoms with Crippen molar-refractivity contribution < 1.29 is 22.7 Å². The molecule has 1 aliphatic carbocycles. The van der Waals surface area contributed by atoms with Crippen molar-refractivity contribution in [3.05, 3.63) is 88.7 Å². The molecule has 1 atom stereocenters. The van der Waals surface area contributed by atoms with Gasteiger partial charge in [-0.3, -0.25) is 5.32 Å². The summed E-state index contributed by atoms with van der Waals surface area (Å²) < 4.78 is 42.7. The van der Waals surface area contributed by atoms with Crippen LogP contribution in [0.15, 0.2) is 67.0 Å². The lowest BCUT2D eigenvalue weighted by molar-refractivity contribution is -0.274. The molecule has 3 N–H and O–H groups in total. The Labute approximate surface area is 256 Å². The Hall–Kier alpha value is -4.16. The standard InChI is InChI=1S/C30H28ClF3N6O2S/c1-17(2)25-12-6-21(31)15-26(25)37-29(43)38-28(41)36-22-7-5-18-13-20(4-3-19(18)14-22)27-35-16-40(39-27)23-8-10-24(11-9-23)42-30(32,33)34/h3-4,6,8-13,15-17,22H,5,7,14H2,1-2H3,(H3,36,37,38,41,43). The number of carbonyl (C=O) groups is 1. The Morgan fingerprint density at radius 3 is 2.58 bits per heavy atom. The highest BCUT2D eigenvalue weighted by Crippen LogP contribution is 2.29. The second-order valence-electron chi connectivity index (χ2n) is 10.4. The average molecular weight is 629 g/mol. The summed E-state index contributed by atoms with van der Waals surface area (Å²) in [5.41, 5.74) is 5.40. The molecule has 1 unspecified atom stereocenters. The number of hydrogen-bond donors (Lipinski definition) is 3. The number of hydrogen-bond acceptors (Lipinski definition) is 5. The number of aryl methyl sites for hydroxylation is 1. The molecule has 1 heterocycles. The van der Waals surface area contributed by atoms with Crippen LogP contribution >= 0.6 is 23.8 Å². The van der Waals surface area contributed by atoms with Crippen LogP contribution in [0, 0.1) is 0 Å². The van der Waals surface area contributed by atoms with Gasteiger partial charge in [0, 0.05) is 22.3 Å². The van der Waals surface area contributed by atoms with Gasteiger partial charge < -0.3 is 15.4 Å². The topological polar surface area (TPSA) is 93.1 Å². The molecule has 0 aliphatic heterocycles. The number of benzene rings is 3. The molecule has 3 aromatic carbocycles. The largest absolute Gasteiger partial charge is 0.573 e. The monoisotopic (exact) mass is 628 g/mol. The minimum Gasteiger partial charge on any atom is -0.406 e. The second kappa shape index (κ2) is 12.6. The molecule has 2 amide bonds. The Kier molecular flexibility index (Phi) is 8.88. The highest BCUT2D eigenvalue weighted by atomic mass is 35.5. The van der Waals surface area contributed by atoms with Crippen LogP contribution in [-0.2, 0) is 12.8 Å². The van der Waals surface area contributed by atoms with Gasteiger partial charge in [0.2, 0.25) is 0 Å². The lowest BCUT2D eigenvalue weighted by Crippen LogP contribution is -2.47. The molecule has 0 spiro atoms. The quantitative estimate of drug-likeness (QED) is 0.196. The van der Waals surface area contributed by atoms with Crippen LogP contribution < -0.4 is 20.7 Å². The fourth-order valence-corrected chi connectivity index (χ4v) is 5.33. The van der Waals surface area contributed by atoms with Gasteiger partial charge >= 0.3 is 12.4 Å². The molecular weight excluding hydrogens is 601 g/mol. The third-order valence-electron chi connectivity index (χ3n) is 6.97. The van der Waals surface area contributed by atoms with Gasteiger partial charge in [0.15, 0.2) is 10.9 Å². The van der Waals surface area contributed by atoms with Crippen LogP contribution in [-0.4, -0.2) is 38.3 Å². The third-order valence-corrected chi connectivity index (χ3v) is 7.41. The zero-order chi connectivity index (χ0) is 30.7. The van der Waals surface area contributed by atoms with Crippen molar-refractivity contribution >= 4 is 40.6 Å². The maximum Gasteiger partial charge on any atom is 0.573 e. The van der Waals surface area contributed by atoms with E-state index in [1.165, 1.54) is 35.3 Å². The van der Waals surface area contributed by atoms with Gasteiger partial charge in [-0.25, -0.2) is 14.5 Å². The predicted octanol–water partition coefficient (Wildman–Crippen LogP) is 7.16. The van der Waals surface area contributed by atoms with Crippen molar-refractivity contribution in [3.63, 3.8) is 0 Å². The summed E-state index contributed by atoms with van der Waals surface area (Å²) in [6.45, 7) is 4.13. The number of nitrogens with zero attached hydrogens (tertiary/aromatic N) is 3. The van der Waals surface area contributed by atoms with E-state index < -0.39 is 6.36 Å². The summed E-state index contributed by atoms with van der Waals surface area (Å²) in [5, 5.41) is 14.0. The molecule has 224 valence electrons. The van der Waals surface area contributed by atoms with E-state index in [0.717, 1.165) is 40.8 Å². The average Bonchev–Trinajstić information content (AvgIpc) is 3.42. The van der Waals surface area contributed by atoms with E-state index in [4.69, 9.17) is 23.8 Å². The minimum atomic E-state index is -4.75. The number of anilines is 1. The molecule has 1 aromatic heterocycles. The van der Waals surface area contributed by atoms with Crippen molar-refractivity contribution in [3.8, 4) is 22.8 Å². The van der Waals surface area contributed by atoms with Crippen molar-refractivity contribution in [2.45, 2.75) is 51.4 Å². The molecule has 0 saturated heterocycles. The zero-order valence-corrected chi connectivity index (χ0v) is 24.8. The Morgan fingerprint density at radius 2 is 1.86 bits per heavy atom. The van der Waals surface area contributed by atoms with E-state index in [1.807, 2.05) is 30.3 Å². The predicted molar refractivity (Wildman–Crippen MR) is 163 cm³/mol. The number of ether oxygens (including phenoxy) is 1. The maximum atomic E-state index is 12.7. The maximum absolute atomic E-state index is 12.7. The fraction of sp³-hybridized carbons (Fsp3) is 0.267. The third kappa shape index (κ3) is 7.82. The molecule has 0 fully saturated rings. The number of halogens is 4. The van der Waals surface area contributed by atoms with Gasteiger partial charge in [0.1, 0.15) is 12.1 Å². The number of alkyl halides is 3. The zero-order valence-electron chi connectivity index (χ0n) is 23.2. The summed E-state index contributed by atoms with van der Waals surface area (Å²) in [7, 11) is 0. The number of carbonyl (C=O) groups excluding carboxylic acids is 1. The van der Waals surface area contributed by atoms with Crippen LogP contribution in [0.3, 0.4) is 0 Å². The van der Waals surface area contributed by atoms with Crippen LogP contribution in [0.2, 0.25) is 5.02 Å². The first-order valence-corrected chi connectivity index (χ1v) is 14.3. The second-order valence-corrected chi connectivity index (χ2v) is 11.3. The van der Waals surface area contributed by atoms with Gasteiger partial charge in [-0.15, -0.1) is 18.3 Å². The summed E-state index contributed by atoms with van der Waals surface area (Å²) >= 11 is 11.5. The van der Waals surface area contributed by atoms with Crippen LogP contribution in [0.25, 0.3) is 17.1 Å². The van der Waals surface area contributed by atoms with Gasteiger partial charge in [-0.2, -0.15) is 0 Å². The van der Waals surface area contributed by atoms with E-state index in [0.29, 0.717) is 23.0 Å². The van der Waals surface area contributed by atoms with Crippen molar-refractivity contribution in [2.24, 2.45) is 0 Å². The van der Waals surface area contributed by atoms with Crippen LogP contribution in [0.5, 0.6) is 5.75 Å². The summed E-state index contributed by atoms with van der Waals surface area (Å²) in [6.07, 6.45) is -1.11. The molecular formula is C30H28ClF3N6O2S. The molecule has 0 radical (unpaired) electrons. The normalized spacial score (nSPS) is 14.6. The van der Waals surface area contributed by atoms with Gasteiger partial charge in [-0.1, -0.05) is 43.6 Å². The van der Waals surface area contributed by atoms with Gasteiger partial charge in [0.05, 0.1) is 5.69 Å². The van der Waals surface area contributed by atoms with Crippen LogP contribution in [0.1, 0.15) is 42.9 Å². The Balaban J connectivity index is 1.17. The molecule has 43 heavy (non-hydrogen) atoms. The number of nitrogens with one attached hydrogen (secondary N) is 3. The van der Waals surface area contributed by atoms with E-state index in [2.05, 4.69) is 44.6 Å². The number of rotatable bonds is 6. The first-order chi connectivity index (χ1) is 20.4. The molecule has 1 aliphatic rings. The van der Waals surface area contributed by atoms with E-state index >= 15 is 0 Å². The number of fused-ring (bicyclic) bond motifs is 1. The van der Waals surface area contributed by atoms with Crippen molar-refractivity contribution in [2.75, 3.05) is 5.32 Å². The summed E-state index contributed by atoms with van der Waals surface area (Å²) in [5.74, 6) is 0.418. The molecule has 13 heteroatoms. The molecule has 0 saturated carbocycles. The highest BCUT2D eigenvalue weighted by molar-refractivity contribution is 7.80. The molecule has 8 nitrogen and oxygen atoms in total. The molecule has 0 bridgehead atoms. The summed E-state index contributed by atoms with van der Waals surface area (Å²) in [6, 6.07) is 16.4. The Morgan fingerprint density at radius 1 is 1.09 bits per heavy atom. The first-order valence-electron chi connectivity index (χ1n) is 13.5. The fourth-order valence-electron chi connectivity index (χ4n) is 4.96. The van der Waals surface area contributed by atoms with Crippen molar-refractivity contribution in [1.29, 1.82) is 0 Å². The first kappa shape index (κ1) is 30.3. The Bertz CT molecular complexity index is 1640. The highest BCUT2D eigenvalue weighted by Gasteiger charge is 2.31. The van der Waals surface area contributed by atoms with Gasteiger partial charge in [-0.05, 0) is 96.6 Å². The summed E-state index contributed by atoms with van der Waals surface area (Å²) in [4.78, 5) is 17.1. The lowest BCUT2D eigenvalue weighted by Gasteiger charge is -2.26. The van der Waals surface area contributed by atoms with Gasteiger partial charge in [0.25, 0.3) is 0 Å². The molecule has 5 rings (SSSR count).